The average Bonchev–Trinajstić information content (AvgIpc) is 2.55. The molecule has 0 spiro atoms. The highest BCUT2D eigenvalue weighted by Crippen LogP contribution is 2.35. The van der Waals surface area contributed by atoms with Crippen molar-refractivity contribution in [3.05, 3.63) is 22.7 Å². The van der Waals surface area contributed by atoms with Gasteiger partial charge in [0.1, 0.15) is 13.2 Å². The van der Waals surface area contributed by atoms with E-state index in [0.29, 0.717) is 29.7 Å². The standard InChI is InChI=1S/C17H23ClN2O3/c1-2-20-5-3-4-13(11-20)19-17(21)9-12-8-15-16(10-14(12)18)23-7-6-22-15/h8,10,13H,2-7,9,11H2,1H3,(H,19,21). The minimum atomic E-state index is 0.00605. The van der Waals surface area contributed by atoms with E-state index in [1.165, 1.54) is 0 Å². The number of hydrogen-bond donors (Lipinski definition) is 1. The first kappa shape index (κ1) is 16.4. The third kappa shape index (κ3) is 4.09. The molecule has 1 atom stereocenters. The molecule has 0 aliphatic carbocycles. The van der Waals surface area contributed by atoms with Gasteiger partial charge in [-0.15, -0.1) is 0 Å². The van der Waals surface area contributed by atoms with Crippen molar-refractivity contribution in [1.82, 2.24) is 10.2 Å². The second-order valence-corrected chi connectivity index (χ2v) is 6.47. The van der Waals surface area contributed by atoms with Crippen molar-refractivity contribution in [2.45, 2.75) is 32.2 Å². The zero-order valence-corrected chi connectivity index (χ0v) is 14.2. The van der Waals surface area contributed by atoms with Crippen molar-refractivity contribution in [3.8, 4) is 11.5 Å². The zero-order chi connectivity index (χ0) is 16.2. The van der Waals surface area contributed by atoms with Crippen LogP contribution in [-0.4, -0.2) is 49.7 Å². The normalized spacial score (nSPS) is 21.0. The van der Waals surface area contributed by atoms with Crippen LogP contribution in [0.4, 0.5) is 0 Å². The molecule has 3 rings (SSSR count). The maximum Gasteiger partial charge on any atom is 0.224 e. The number of nitrogens with zero attached hydrogens (tertiary/aromatic N) is 1. The largest absolute Gasteiger partial charge is 0.486 e. The van der Waals surface area contributed by atoms with Gasteiger partial charge in [-0.05, 0) is 37.6 Å². The lowest BCUT2D eigenvalue weighted by Crippen LogP contribution is -2.47. The number of piperidine rings is 1. The third-order valence-electron chi connectivity index (χ3n) is 4.38. The number of carbonyl (C=O) groups excluding carboxylic acids is 1. The number of nitrogens with one attached hydrogen (secondary N) is 1. The van der Waals surface area contributed by atoms with Crippen LogP contribution in [0.5, 0.6) is 11.5 Å². The van der Waals surface area contributed by atoms with Crippen molar-refractivity contribution in [2.24, 2.45) is 0 Å². The van der Waals surface area contributed by atoms with E-state index < -0.39 is 0 Å². The Morgan fingerprint density at radius 3 is 2.83 bits per heavy atom. The van der Waals surface area contributed by atoms with E-state index in [4.69, 9.17) is 21.1 Å². The van der Waals surface area contributed by atoms with Gasteiger partial charge in [-0.1, -0.05) is 18.5 Å². The molecule has 2 aliphatic rings. The van der Waals surface area contributed by atoms with Gasteiger partial charge in [0.05, 0.1) is 6.42 Å². The first-order valence-electron chi connectivity index (χ1n) is 8.25. The number of hydrogen-bond acceptors (Lipinski definition) is 4. The maximum absolute atomic E-state index is 12.3. The van der Waals surface area contributed by atoms with Crippen LogP contribution in [0.1, 0.15) is 25.3 Å². The van der Waals surface area contributed by atoms with Crippen molar-refractivity contribution >= 4 is 17.5 Å². The molecule has 0 radical (unpaired) electrons. The summed E-state index contributed by atoms with van der Waals surface area (Å²) in [5.74, 6) is 1.32. The fraction of sp³-hybridized carbons (Fsp3) is 0.588. The summed E-state index contributed by atoms with van der Waals surface area (Å²) in [5.41, 5.74) is 0.775. The molecule has 5 nitrogen and oxygen atoms in total. The van der Waals surface area contributed by atoms with Crippen LogP contribution in [0.15, 0.2) is 12.1 Å². The number of likely N-dealkylation sites (N-methyl/N-ethyl adjacent to an activating group) is 1. The van der Waals surface area contributed by atoms with Gasteiger partial charge in [0.15, 0.2) is 11.5 Å². The number of fused-ring (bicyclic) bond motifs is 1. The van der Waals surface area contributed by atoms with E-state index in [1.54, 1.807) is 6.07 Å². The number of carbonyl (C=O) groups is 1. The quantitative estimate of drug-likeness (QED) is 0.915. The highest BCUT2D eigenvalue weighted by Gasteiger charge is 2.21. The Kier molecular flexibility index (Phi) is 5.28. The molecule has 2 heterocycles. The number of likely N-dealkylation sites (tertiary alicyclic amines) is 1. The van der Waals surface area contributed by atoms with Gasteiger partial charge < -0.3 is 19.7 Å². The van der Waals surface area contributed by atoms with E-state index in [9.17, 15) is 4.79 Å². The van der Waals surface area contributed by atoms with Crippen molar-refractivity contribution < 1.29 is 14.3 Å². The Hall–Kier alpha value is -1.46. The number of amides is 1. The number of rotatable bonds is 4. The molecule has 1 aromatic carbocycles. The summed E-state index contributed by atoms with van der Waals surface area (Å²) >= 11 is 6.27. The molecular weight excluding hydrogens is 316 g/mol. The van der Waals surface area contributed by atoms with Gasteiger partial charge in [-0.3, -0.25) is 4.79 Å². The molecule has 1 N–H and O–H groups in total. The Bertz CT molecular complexity index is 579. The SMILES string of the molecule is CCN1CCCC(NC(=O)Cc2cc3c(cc2Cl)OCCO3)C1. The van der Waals surface area contributed by atoms with Gasteiger partial charge in [-0.2, -0.15) is 0 Å². The van der Waals surface area contributed by atoms with Crippen LogP contribution in [0.2, 0.25) is 5.02 Å². The van der Waals surface area contributed by atoms with Gasteiger partial charge in [0.25, 0.3) is 0 Å². The number of ether oxygens (including phenoxy) is 2. The second-order valence-electron chi connectivity index (χ2n) is 6.06. The summed E-state index contributed by atoms with van der Waals surface area (Å²) in [4.78, 5) is 14.7. The van der Waals surface area contributed by atoms with Crippen molar-refractivity contribution in [3.63, 3.8) is 0 Å². The molecule has 0 aromatic heterocycles. The van der Waals surface area contributed by atoms with Gasteiger partial charge in [0.2, 0.25) is 5.91 Å². The van der Waals surface area contributed by atoms with Crippen LogP contribution in [0.3, 0.4) is 0 Å². The second kappa shape index (κ2) is 7.41. The first-order valence-corrected chi connectivity index (χ1v) is 8.63. The molecule has 0 saturated carbocycles. The lowest BCUT2D eigenvalue weighted by atomic mass is 10.0. The maximum atomic E-state index is 12.3. The molecule has 1 amide bonds. The molecule has 6 heteroatoms. The Labute approximate surface area is 141 Å². The number of benzene rings is 1. The third-order valence-corrected chi connectivity index (χ3v) is 4.73. The summed E-state index contributed by atoms with van der Waals surface area (Å²) in [6.07, 6.45) is 2.43. The average molecular weight is 339 g/mol. The molecule has 23 heavy (non-hydrogen) atoms. The summed E-state index contributed by atoms with van der Waals surface area (Å²) in [5, 5.41) is 3.67. The molecule has 1 aromatic rings. The fourth-order valence-corrected chi connectivity index (χ4v) is 3.37. The van der Waals surface area contributed by atoms with Crippen LogP contribution in [0.25, 0.3) is 0 Å². The molecule has 2 aliphatic heterocycles. The topological polar surface area (TPSA) is 50.8 Å². The smallest absolute Gasteiger partial charge is 0.224 e. The van der Waals surface area contributed by atoms with Gasteiger partial charge >= 0.3 is 0 Å². The number of halogens is 1. The van der Waals surface area contributed by atoms with E-state index in [1.807, 2.05) is 6.07 Å². The van der Waals surface area contributed by atoms with Crippen LogP contribution in [0, 0.1) is 0 Å². The monoisotopic (exact) mass is 338 g/mol. The minimum absolute atomic E-state index is 0.00605. The van der Waals surface area contributed by atoms with E-state index >= 15 is 0 Å². The highest BCUT2D eigenvalue weighted by molar-refractivity contribution is 6.31. The fourth-order valence-electron chi connectivity index (χ4n) is 3.15. The van der Waals surface area contributed by atoms with E-state index in [2.05, 4.69) is 17.1 Å². The molecule has 0 bridgehead atoms. The minimum Gasteiger partial charge on any atom is -0.486 e. The summed E-state index contributed by atoms with van der Waals surface area (Å²) in [6, 6.07) is 3.78. The van der Waals surface area contributed by atoms with Gasteiger partial charge in [0, 0.05) is 23.7 Å². The lowest BCUT2D eigenvalue weighted by molar-refractivity contribution is -0.121. The predicted molar refractivity (Wildman–Crippen MR) is 89.4 cm³/mol. The lowest BCUT2D eigenvalue weighted by Gasteiger charge is -2.32. The van der Waals surface area contributed by atoms with Crippen LogP contribution >= 0.6 is 11.6 Å². The molecule has 126 valence electrons. The summed E-state index contributed by atoms with van der Waals surface area (Å²) in [7, 11) is 0. The summed E-state index contributed by atoms with van der Waals surface area (Å²) < 4.78 is 11.1. The molecule has 1 saturated heterocycles. The van der Waals surface area contributed by atoms with E-state index in [-0.39, 0.29) is 18.4 Å². The zero-order valence-electron chi connectivity index (χ0n) is 13.4. The predicted octanol–water partition coefficient (Wildman–Crippen LogP) is 2.25. The van der Waals surface area contributed by atoms with Crippen molar-refractivity contribution in [2.75, 3.05) is 32.8 Å². The van der Waals surface area contributed by atoms with Crippen molar-refractivity contribution in [1.29, 1.82) is 0 Å². The Morgan fingerprint density at radius 2 is 2.09 bits per heavy atom. The van der Waals surface area contributed by atoms with Crippen LogP contribution in [-0.2, 0) is 11.2 Å². The van der Waals surface area contributed by atoms with Crippen LogP contribution < -0.4 is 14.8 Å². The Morgan fingerprint density at radius 1 is 1.35 bits per heavy atom. The Balaban J connectivity index is 1.61. The van der Waals surface area contributed by atoms with E-state index in [0.717, 1.165) is 38.0 Å². The molecular formula is C17H23ClN2O3. The van der Waals surface area contributed by atoms with Gasteiger partial charge in [-0.25, -0.2) is 0 Å². The summed E-state index contributed by atoms with van der Waals surface area (Å²) in [6.45, 7) is 6.28. The molecule has 1 fully saturated rings. The molecule has 1 unspecified atom stereocenters. The highest BCUT2D eigenvalue weighted by atomic mass is 35.5. The first-order chi connectivity index (χ1) is 11.2.